The zero-order valence-electron chi connectivity index (χ0n) is 38.4. The van der Waals surface area contributed by atoms with E-state index in [1.165, 1.54) is 31.3 Å². The van der Waals surface area contributed by atoms with Crippen LogP contribution in [0.4, 0.5) is 0 Å². The average Bonchev–Trinajstić information content (AvgIpc) is 4.23. The van der Waals surface area contributed by atoms with Crippen molar-refractivity contribution in [2.45, 2.75) is 0 Å². The molecule has 0 unspecified atom stereocenters. The largest absolute Gasteiger partial charge is 0.435 e. The van der Waals surface area contributed by atoms with Gasteiger partial charge < -0.3 is 8.98 Å². The summed E-state index contributed by atoms with van der Waals surface area (Å²) in [5.41, 5.74) is 13.8. The third kappa shape index (κ3) is 6.29. The Kier molecular flexibility index (Phi) is 8.99. The van der Waals surface area contributed by atoms with Gasteiger partial charge in [-0.2, -0.15) is 9.97 Å². The maximum absolute atomic E-state index is 6.63. The van der Waals surface area contributed by atoms with E-state index in [2.05, 4.69) is 185 Å². The minimum absolute atomic E-state index is 0.479. The highest BCUT2D eigenvalue weighted by molar-refractivity contribution is 7.26. The predicted octanol–water partition coefficient (Wildman–Crippen LogP) is 16.9. The number of oxazole rings is 1. The highest BCUT2D eigenvalue weighted by Gasteiger charge is 2.25. The summed E-state index contributed by atoms with van der Waals surface area (Å²) in [7, 11) is 0. The molecule has 0 bridgehead atoms. The van der Waals surface area contributed by atoms with Crippen molar-refractivity contribution in [2.24, 2.45) is 0 Å². The maximum atomic E-state index is 6.63. The van der Waals surface area contributed by atoms with Gasteiger partial charge >= 0.3 is 0 Å². The van der Waals surface area contributed by atoms with Crippen molar-refractivity contribution in [3.05, 3.63) is 231 Å². The molecule has 10 aromatic carbocycles. The average molecular weight is 939 g/mol. The van der Waals surface area contributed by atoms with Crippen molar-refractivity contribution in [2.75, 3.05) is 0 Å². The number of benzene rings is 10. The standard InChI is InChI=1S/C64H38N6OS/c1-4-16-39(17-5-1)40-30-32-42(33-31-40)61-66-62(52-26-15-27-53-59(52)71-63(65-53)43-20-8-3-9-21-43)68-64(67-61)70-55-29-13-11-23-47(55)50-37-36-49-46-22-10-12-28-54(46)69(57(49)58(50)70)44-34-35-48-51-25-14-24-45(41-18-6-2-7-19-41)60(51)72-56(48)38-44/h1-38H. The quantitative estimate of drug-likeness (QED) is 0.159. The smallest absolute Gasteiger partial charge is 0.238 e. The minimum atomic E-state index is 0.479. The summed E-state index contributed by atoms with van der Waals surface area (Å²) in [5.74, 6) is 2.04. The van der Waals surface area contributed by atoms with Crippen LogP contribution in [0.15, 0.2) is 235 Å². The number of para-hydroxylation sites is 3. The second-order valence-electron chi connectivity index (χ2n) is 18.2. The van der Waals surface area contributed by atoms with E-state index in [-0.39, 0.29) is 0 Å². The van der Waals surface area contributed by atoms with E-state index in [1.807, 2.05) is 65.9 Å². The van der Waals surface area contributed by atoms with E-state index >= 15 is 0 Å². The third-order valence-corrected chi connectivity index (χ3v) is 15.2. The Morgan fingerprint density at radius 2 is 0.917 bits per heavy atom. The van der Waals surface area contributed by atoms with Crippen LogP contribution in [0, 0.1) is 0 Å². The van der Waals surface area contributed by atoms with Gasteiger partial charge in [-0.15, -0.1) is 11.3 Å². The molecule has 5 heterocycles. The molecule has 0 saturated carbocycles. The van der Waals surface area contributed by atoms with Gasteiger partial charge in [-0.3, -0.25) is 4.57 Å². The summed E-state index contributed by atoms with van der Waals surface area (Å²) in [5, 5.41) is 7.00. The van der Waals surface area contributed by atoms with E-state index in [9.17, 15) is 0 Å². The number of fused-ring (bicyclic) bond motifs is 11. The SMILES string of the molecule is c1ccc(-c2ccc(-c3nc(-c4cccc5nc(-c6ccccc6)oc45)nc(-n4c5ccccc5c5ccc6c7ccccc7n(-c7ccc8c(c7)sc7c(-c9ccccc9)cccc78)c6c54)n3)cc2)cc1. The number of hydrogen-bond acceptors (Lipinski definition) is 6. The first-order valence-electron chi connectivity index (χ1n) is 24.0. The second-order valence-corrected chi connectivity index (χ2v) is 19.2. The van der Waals surface area contributed by atoms with Crippen LogP contribution in [-0.2, 0) is 0 Å². The molecule has 15 aromatic rings. The fourth-order valence-electron chi connectivity index (χ4n) is 10.7. The molecule has 0 atom stereocenters. The van der Waals surface area contributed by atoms with Crippen LogP contribution in [0.2, 0.25) is 0 Å². The van der Waals surface area contributed by atoms with Crippen molar-refractivity contribution in [1.29, 1.82) is 0 Å². The molecule has 7 nitrogen and oxygen atoms in total. The number of rotatable bonds is 7. The Labute approximate surface area is 416 Å². The fourth-order valence-corrected chi connectivity index (χ4v) is 12.0. The molecule has 0 N–H and O–H groups in total. The summed E-state index contributed by atoms with van der Waals surface area (Å²) in [6.07, 6.45) is 0. The van der Waals surface area contributed by atoms with Crippen LogP contribution >= 0.6 is 11.3 Å². The van der Waals surface area contributed by atoms with E-state index in [4.69, 9.17) is 24.4 Å². The van der Waals surface area contributed by atoms with Crippen molar-refractivity contribution >= 4 is 86.2 Å². The zero-order valence-corrected chi connectivity index (χ0v) is 39.3. The summed E-state index contributed by atoms with van der Waals surface area (Å²) < 4.78 is 13.8. The van der Waals surface area contributed by atoms with Gasteiger partial charge in [0.2, 0.25) is 11.8 Å². The minimum Gasteiger partial charge on any atom is -0.435 e. The molecule has 0 amide bonds. The Morgan fingerprint density at radius 1 is 0.361 bits per heavy atom. The van der Waals surface area contributed by atoms with Crippen LogP contribution in [0.25, 0.3) is 143 Å². The first-order chi connectivity index (χ1) is 35.7. The van der Waals surface area contributed by atoms with Crippen LogP contribution < -0.4 is 0 Å². The summed E-state index contributed by atoms with van der Waals surface area (Å²) in [4.78, 5) is 21.2. The van der Waals surface area contributed by atoms with Crippen LogP contribution in [0.5, 0.6) is 0 Å². The van der Waals surface area contributed by atoms with Crippen molar-refractivity contribution in [1.82, 2.24) is 29.1 Å². The Balaban J connectivity index is 1.00. The van der Waals surface area contributed by atoms with Gasteiger partial charge in [-0.25, -0.2) is 9.97 Å². The van der Waals surface area contributed by atoms with Gasteiger partial charge in [0.25, 0.3) is 0 Å². The molecule has 0 saturated heterocycles. The van der Waals surface area contributed by atoms with Gasteiger partial charge in [-0.1, -0.05) is 182 Å². The predicted molar refractivity (Wildman–Crippen MR) is 296 cm³/mol. The van der Waals surface area contributed by atoms with Gasteiger partial charge in [-0.05, 0) is 70.8 Å². The number of thiophene rings is 1. The topological polar surface area (TPSA) is 74.6 Å². The van der Waals surface area contributed by atoms with Gasteiger partial charge in [0.15, 0.2) is 17.2 Å². The summed E-state index contributed by atoms with van der Waals surface area (Å²) in [6.45, 7) is 0. The molecule has 5 aromatic heterocycles. The van der Waals surface area contributed by atoms with Crippen molar-refractivity contribution in [3.63, 3.8) is 0 Å². The molecule has 0 aliphatic rings. The van der Waals surface area contributed by atoms with E-state index in [0.717, 1.165) is 82.6 Å². The zero-order chi connectivity index (χ0) is 47.3. The highest BCUT2D eigenvalue weighted by Crippen LogP contribution is 2.45. The Hall–Kier alpha value is -9.50. The molecule has 0 aliphatic heterocycles. The van der Waals surface area contributed by atoms with Gasteiger partial charge in [0.05, 0.1) is 27.6 Å². The molecule has 0 spiro atoms. The molecule has 8 heteroatoms. The van der Waals surface area contributed by atoms with E-state index in [1.54, 1.807) is 0 Å². The summed E-state index contributed by atoms with van der Waals surface area (Å²) >= 11 is 1.85. The van der Waals surface area contributed by atoms with Crippen LogP contribution in [0.1, 0.15) is 0 Å². The molecular formula is C64H38N6OS. The lowest BCUT2D eigenvalue weighted by molar-refractivity contribution is 0.620. The van der Waals surface area contributed by atoms with Crippen LogP contribution in [0.3, 0.4) is 0 Å². The number of nitrogens with zero attached hydrogens (tertiary/aromatic N) is 6. The monoisotopic (exact) mass is 938 g/mol. The Morgan fingerprint density at radius 3 is 1.65 bits per heavy atom. The Bertz CT molecular complexity index is 4610. The third-order valence-electron chi connectivity index (χ3n) is 14.0. The lowest BCUT2D eigenvalue weighted by Gasteiger charge is -2.13. The lowest BCUT2D eigenvalue weighted by atomic mass is 10.0. The first-order valence-corrected chi connectivity index (χ1v) is 24.9. The molecule has 72 heavy (non-hydrogen) atoms. The van der Waals surface area contributed by atoms with Crippen molar-refractivity contribution in [3.8, 4) is 68.1 Å². The van der Waals surface area contributed by atoms with Gasteiger partial charge in [0.1, 0.15) is 5.52 Å². The van der Waals surface area contributed by atoms with E-state index in [0.29, 0.717) is 29.1 Å². The molecule has 336 valence electrons. The first kappa shape index (κ1) is 40.4. The number of hydrogen-bond donors (Lipinski definition) is 0. The second kappa shape index (κ2) is 16.0. The lowest BCUT2D eigenvalue weighted by Crippen LogP contribution is -2.07. The maximum Gasteiger partial charge on any atom is 0.238 e. The van der Waals surface area contributed by atoms with Crippen LogP contribution in [-0.4, -0.2) is 29.1 Å². The molecular weight excluding hydrogens is 901 g/mol. The fraction of sp³-hybridized carbons (Fsp3) is 0. The molecule has 0 aliphatic carbocycles. The normalized spacial score (nSPS) is 11.9. The summed E-state index contributed by atoms with van der Waals surface area (Å²) in [6, 6.07) is 81.0. The van der Waals surface area contributed by atoms with Crippen molar-refractivity contribution < 1.29 is 4.42 Å². The van der Waals surface area contributed by atoms with Gasteiger partial charge in [0, 0.05) is 58.5 Å². The number of aromatic nitrogens is 6. The highest BCUT2D eigenvalue weighted by atomic mass is 32.1. The molecule has 15 rings (SSSR count). The van der Waals surface area contributed by atoms with E-state index < -0.39 is 0 Å². The molecule has 0 radical (unpaired) electrons. The molecule has 0 fully saturated rings.